The molecule has 1 fully saturated rings. The van der Waals surface area contributed by atoms with Crippen LogP contribution in [0.5, 0.6) is 0 Å². The summed E-state index contributed by atoms with van der Waals surface area (Å²) in [6.45, 7) is 6.78. The Balaban J connectivity index is 2.08. The highest BCUT2D eigenvalue weighted by Crippen LogP contribution is 2.32. The van der Waals surface area contributed by atoms with Crippen LogP contribution in [0.2, 0.25) is 0 Å². The fraction of sp³-hybridized carbons (Fsp3) is 0.318. The van der Waals surface area contributed by atoms with Crippen molar-refractivity contribution in [1.29, 1.82) is 10.8 Å². The van der Waals surface area contributed by atoms with Gasteiger partial charge in [0.25, 0.3) is 5.91 Å². The van der Waals surface area contributed by atoms with Gasteiger partial charge < -0.3 is 20.3 Å². The number of anilines is 1. The van der Waals surface area contributed by atoms with Crippen LogP contribution in [0.4, 0.5) is 5.95 Å². The van der Waals surface area contributed by atoms with E-state index in [0.29, 0.717) is 19.0 Å². The SMILES string of the molecule is C=CC(=O)N1CCCCC(n2c(NC(=O)/C(C=N)=C/C=N)nc3cccc(C)c32)C1. The lowest BCUT2D eigenvalue weighted by Crippen LogP contribution is -2.34. The van der Waals surface area contributed by atoms with Crippen LogP contribution in [-0.4, -0.2) is 51.8 Å². The van der Waals surface area contributed by atoms with Crippen molar-refractivity contribution in [1.82, 2.24) is 14.5 Å². The Labute approximate surface area is 175 Å². The molecule has 3 N–H and O–H groups in total. The highest BCUT2D eigenvalue weighted by molar-refractivity contribution is 6.18. The van der Waals surface area contributed by atoms with E-state index in [1.54, 1.807) is 4.90 Å². The van der Waals surface area contributed by atoms with Gasteiger partial charge in [-0.3, -0.25) is 14.9 Å². The Kier molecular flexibility index (Phi) is 6.56. The van der Waals surface area contributed by atoms with Crippen molar-refractivity contribution < 1.29 is 9.59 Å². The first kappa shape index (κ1) is 21.2. The quantitative estimate of drug-likeness (QED) is 0.505. The first-order valence-electron chi connectivity index (χ1n) is 9.91. The molecule has 1 aliphatic heterocycles. The maximum atomic E-state index is 12.7. The van der Waals surface area contributed by atoms with Gasteiger partial charge in [0.1, 0.15) is 0 Å². The minimum absolute atomic E-state index is 0.0599. The van der Waals surface area contributed by atoms with E-state index in [4.69, 9.17) is 10.8 Å². The predicted octanol–water partition coefficient (Wildman–Crippen LogP) is 3.25. The number of aromatic nitrogens is 2. The molecule has 0 spiro atoms. The molecule has 1 atom stereocenters. The van der Waals surface area contributed by atoms with E-state index in [1.165, 1.54) is 12.2 Å². The van der Waals surface area contributed by atoms with Crippen LogP contribution in [-0.2, 0) is 9.59 Å². The molecule has 1 saturated heterocycles. The van der Waals surface area contributed by atoms with Crippen LogP contribution in [0.1, 0.15) is 30.9 Å². The number of benzene rings is 1. The molecule has 2 aromatic rings. The van der Waals surface area contributed by atoms with Gasteiger partial charge in [0.2, 0.25) is 11.9 Å². The Morgan fingerprint density at radius 3 is 2.80 bits per heavy atom. The average molecular weight is 406 g/mol. The topological polar surface area (TPSA) is 115 Å². The molecule has 3 rings (SSSR count). The number of carbonyl (C=O) groups is 2. The first-order valence-corrected chi connectivity index (χ1v) is 9.91. The zero-order valence-electron chi connectivity index (χ0n) is 17.0. The molecule has 0 bridgehead atoms. The van der Waals surface area contributed by atoms with Gasteiger partial charge in [-0.05, 0) is 50.0 Å². The number of allylic oxidation sites excluding steroid dienone is 1. The van der Waals surface area contributed by atoms with E-state index >= 15 is 0 Å². The van der Waals surface area contributed by atoms with Crippen molar-refractivity contribution >= 4 is 41.2 Å². The summed E-state index contributed by atoms with van der Waals surface area (Å²) >= 11 is 0. The van der Waals surface area contributed by atoms with Crippen molar-refractivity contribution in [3.63, 3.8) is 0 Å². The smallest absolute Gasteiger partial charge is 0.259 e. The third kappa shape index (κ3) is 4.22. The van der Waals surface area contributed by atoms with Crippen molar-refractivity contribution in [3.05, 3.63) is 48.1 Å². The molecule has 30 heavy (non-hydrogen) atoms. The van der Waals surface area contributed by atoms with E-state index in [1.807, 2.05) is 29.7 Å². The summed E-state index contributed by atoms with van der Waals surface area (Å²) in [6, 6.07) is 5.74. The standard InChI is InChI=1S/C22H26N6O2/c1-3-19(29)27-12-5-4-8-17(14-27)28-20-15(2)7-6-9-18(20)25-22(28)26-21(30)16(13-24)10-11-23/h3,6-7,9-11,13,17,23-24H,1,4-5,8,12,14H2,2H3,(H,25,26,30)/b16-10+,23-11?,24-13?. The lowest BCUT2D eigenvalue weighted by atomic mass is 10.1. The lowest BCUT2D eigenvalue weighted by molar-refractivity contribution is -0.126. The van der Waals surface area contributed by atoms with E-state index < -0.39 is 5.91 Å². The van der Waals surface area contributed by atoms with Crippen molar-refractivity contribution in [2.75, 3.05) is 18.4 Å². The van der Waals surface area contributed by atoms with Crippen LogP contribution in [0.25, 0.3) is 11.0 Å². The molecule has 0 aliphatic carbocycles. The molecule has 2 heterocycles. The largest absolute Gasteiger partial charge is 0.337 e. The first-order chi connectivity index (χ1) is 14.5. The average Bonchev–Trinajstić information content (AvgIpc) is 2.93. The Morgan fingerprint density at radius 2 is 2.10 bits per heavy atom. The van der Waals surface area contributed by atoms with Gasteiger partial charge >= 0.3 is 0 Å². The molecule has 0 radical (unpaired) electrons. The van der Waals surface area contributed by atoms with Crippen LogP contribution in [0, 0.1) is 17.7 Å². The lowest BCUT2D eigenvalue weighted by Gasteiger charge is -2.26. The second kappa shape index (κ2) is 9.30. The fourth-order valence-corrected chi connectivity index (χ4v) is 3.88. The molecule has 1 aromatic carbocycles. The normalized spacial score (nSPS) is 17.3. The van der Waals surface area contributed by atoms with Gasteiger partial charge in [-0.2, -0.15) is 0 Å². The van der Waals surface area contributed by atoms with Gasteiger partial charge in [-0.15, -0.1) is 0 Å². The second-order valence-electron chi connectivity index (χ2n) is 7.27. The van der Waals surface area contributed by atoms with Crippen molar-refractivity contribution in [2.45, 2.75) is 32.2 Å². The van der Waals surface area contributed by atoms with Crippen LogP contribution in [0.3, 0.4) is 0 Å². The maximum absolute atomic E-state index is 12.7. The molecule has 8 heteroatoms. The van der Waals surface area contributed by atoms with Gasteiger partial charge in [0.15, 0.2) is 0 Å². The molecular formula is C22H26N6O2. The molecule has 2 amide bonds. The summed E-state index contributed by atoms with van der Waals surface area (Å²) in [5.41, 5.74) is 2.75. The summed E-state index contributed by atoms with van der Waals surface area (Å²) in [7, 11) is 0. The number of hydrogen-bond acceptors (Lipinski definition) is 5. The van der Waals surface area contributed by atoms with Crippen molar-refractivity contribution in [2.24, 2.45) is 0 Å². The van der Waals surface area contributed by atoms with E-state index in [0.717, 1.165) is 48.3 Å². The summed E-state index contributed by atoms with van der Waals surface area (Å²) < 4.78 is 2.00. The number of para-hydroxylation sites is 1. The van der Waals surface area contributed by atoms with E-state index in [-0.39, 0.29) is 17.5 Å². The van der Waals surface area contributed by atoms with Gasteiger partial charge in [-0.25, -0.2) is 4.98 Å². The van der Waals surface area contributed by atoms with Gasteiger partial charge in [0.05, 0.1) is 22.6 Å². The van der Waals surface area contributed by atoms with E-state index in [2.05, 4.69) is 16.9 Å². The van der Waals surface area contributed by atoms with Gasteiger partial charge in [-0.1, -0.05) is 18.7 Å². The van der Waals surface area contributed by atoms with Crippen LogP contribution >= 0.6 is 0 Å². The summed E-state index contributed by atoms with van der Waals surface area (Å²) in [5, 5.41) is 17.4. The molecule has 156 valence electrons. The number of nitrogens with zero attached hydrogens (tertiary/aromatic N) is 3. The van der Waals surface area contributed by atoms with Crippen molar-refractivity contribution in [3.8, 4) is 0 Å². The minimum Gasteiger partial charge on any atom is -0.337 e. The fourth-order valence-electron chi connectivity index (χ4n) is 3.88. The van der Waals surface area contributed by atoms with Crippen LogP contribution in [0.15, 0.2) is 42.5 Å². The molecular weight excluding hydrogens is 380 g/mol. The summed E-state index contributed by atoms with van der Waals surface area (Å²) in [6.07, 6.45) is 7.17. The number of imidazole rings is 1. The number of rotatable bonds is 6. The molecule has 1 unspecified atom stereocenters. The number of amides is 2. The maximum Gasteiger partial charge on any atom is 0.259 e. The molecule has 0 saturated carbocycles. The predicted molar refractivity (Wildman–Crippen MR) is 118 cm³/mol. The molecule has 1 aromatic heterocycles. The zero-order chi connectivity index (χ0) is 21.7. The van der Waals surface area contributed by atoms with Gasteiger partial charge in [0, 0.05) is 25.5 Å². The monoisotopic (exact) mass is 406 g/mol. The minimum atomic E-state index is -0.504. The number of fused-ring (bicyclic) bond motifs is 1. The number of nitrogens with one attached hydrogen (secondary N) is 3. The highest BCUT2D eigenvalue weighted by Gasteiger charge is 2.27. The number of carbonyl (C=O) groups excluding carboxylic acids is 2. The van der Waals surface area contributed by atoms with E-state index in [9.17, 15) is 9.59 Å². The summed E-state index contributed by atoms with van der Waals surface area (Å²) in [4.78, 5) is 31.4. The third-order valence-corrected chi connectivity index (χ3v) is 5.32. The summed E-state index contributed by atoms with van der Waals surface area (Å²) in [5.74, 6) is -0.232. The van der Waals surface area contributed by atoms with Crippen LogP contribution < -0.4 is 5.32 Å². The number of aryl methyl sites for hydroxylation is 1. The Bertz CT molecular complexity index is 1040. The highest BCUT2D eigenvalue weighted by atomic mass is 16.2. The number of hydrogen-bond donors (Lipinski definition) is 3. The Hall–Kier alpha value is -3.55. The number of likely N-dealkylation sites (tertiary alicyclic amines) is 1. The zero-order valence-corrected chi connectivity index (χ0v) is 17.0. The third-order valence-electron chi connectivity index (χ3n) is 5.32. The Morgan fingerprint density at radius 1 is 1.30 bits per heavy atom. The second-order valence-corrected chi connectivity index (χ2v) is 7.27. The molecule has 1 aliphatic rings. The molecule has 8 nitrogen and oxygen atoms in total.